The lowest BCUT2D eigenvalue weighted by molar-refractivity contribution is -0.116. The number of carbonyl (C=O) groups is 2. The van der Waals surface area contributed by atoms with Gasteiger partial charge in [0.15, 0.2) is 11.4 Å². The van der Waals surface area contributed by atoms with Crippen LogP contribution in [0.2, 0.25) is 0 Å². The SMILES string of the molecule is CC(C)CC(=O)Nc1ccc(C(=O)CSc2nnc3c(n2)[nH]c2ccccc23)cc1. The molecule has 30 heavy (non-hydrogen) atoms. The first-order chi connectivity index (χ1) is 14.5. The monoisotopic (exact) mass is 419 g/mol. The van der Waals surface area contributed by atoms with Crippen molar-refractivity contribution < 1.29 is 9.59 Å². The van der Waals surface area contributed by atoms with E-state index in [9.17, 15) is 9.59 Å². The van der Waals surface area contributed by atoms with E-state index >= 15 is 0 Å². The van der Waals surface area contributed by atoms with E-state index in [1.54, 1.807) is 24.3 Å². The number of hydrogen-bond acceptors (Lipinski definition) is 6. The minimum absolute atomic E-state index is 0.0309. The smallest absolute Gasteiger partial charge is 0.224 e. The van der Waals surface area contributed by atoms with Gasteiger partial charge in [0.1, 0.15) is 5.52 Å². The van der Waals surface area contributed by atoms with Crippen molar-refractivity contribution in [2.75, 3.05) is 11.1 Å². The molecule has 2 aromatic heterocycles. The second-order valence-electron chi connectivity index (χ2n) is 7.40. The van der Waals surface area contributed by atoms with Crippen LogP contribution in [0.15, 0.2) is 53.7 Å². The summed E-state index contributed by atoms with van der Waals surface area (Å²) in [4.78, 5) is 32.1. The molecule has 2 heterocycles. The van der Waals surface area contributed by atoms with Crippen molar-refractivity contribution in [2.24, 2.45) is 5.92 Å². The van der Waals surface area contributed by atoms with Crippen LogP contribution in [0, 0.1) is 5.92 Å². The number of aromatic nitrogens is 4. The molecule has 152 valence electrons. The standard InChI is InChI=1S/C22H21N5O2S/c1-13(2)11-19(29)23-15-9-7-14(8-10-15)18(28)12-30-22-25-21-20(26-27-22)16-5-3-4-6-17(16)24-21/h3-10,13H,11-12H2,1-2H3,(H,23,29)(H,24,25,27). The van der Waals surface area contributed by atoms with Gasteiger partial charge in [0.05, 0.1) is 5.75 Å². The lowest BCUT2D eigenvalue weighted by atomic mass is 10.1. The molecule has 1 amide bonds. The number of ketones is 1. The third-order valence-corrected chi connectivity index (χ3v) is 5.36. The number of nitrogens with one attached hydrogen (secondary N) is 2. The Hall–Kier alpha value is -3.26. The molecular formula is C22H21N5O2S. The number of thioether (sulfide) groups is 1. The predicted molar refractivity (Wildman–Crippen MR) is 119 cm³/mol. The van der Waals surface area contributed by atoms with Crippen molar-refractivity contribution in [1.82, 2.24) is 20.2 Å². The number of hydrogen-bond donors (Lipinski definition) is 2. The highest BCUT2D eigenvalue weighted by Gasteiger charge is 2.12. The number of H-pyrrole nitrogens is 1. The summed E-state index contributed by atoms with van der Waals surface area (Å²) in [6, 6.07) is 14.7. The molecule has 0 aliphatic heterocycles. The quantitative estimate of drug-likeness (QED) is 0.339. The van der Waals surface area contributed by atoms with Gasteiger partial charge in [0.2, 0.25) is 11.1 Å². The van der Waals surface area contributed by atoms with Gasteiger partial charge in [0, 0.05) is 28.6 Å². The van der Waals surface area contributed by atoms with E-state index < -0.39 is 0 Å². The lowest BCUT2D eigenvalue weighted by Gasteiger charge is -2.07. The van der Waals surface area contributed by atoms with E-state index in [-0.39, 0.29) is 17.4 Å². The van der Waals surface area contributed by atoms with Gasteiger partial charge in [-0.1, -0.05) is 43.8 Å². The minimum atomic E-state index is -0.0413. The van der Waals surface area contributed by atoms with Gasteiger partial charge in [-0.3, -0.25) is 9.59 Å². The van der Waals surface area contributed by atoms with Crippen LogP contribution in [-0.2, 0) is 4.79 Å². The zero-order valence-electron chi connectivity index (χ0n) is 16.7. The van der Waals surface area contributed by atoms with Crippen LogP contribution in [0.5, 0.6) is 0 Å². The van der Waals surface area contributed by atoms with Crippen molar-refractivity contribution in [3.8, 4) is 0 Å². The molecular weight excluding hydrogens is 398 g/mol. The molecule has 0 aliphatic carbocycles. The van der Waals surface area contributed by atoms with Crippen LogP contribution in [0.4, 0.5) is 5.69 Å². The Balaban J connectivity index is 1.39. The summed E-state index contributed by atoms with van der Waals surface area (Å²) in [6.07, 6.45) is 0.464. The molecule has 0 saturated carbocycles. The maximum Gasteiger partial charge on any atom is 0.224 e. The number of amides is 1. The Morgan fingerprint density at radius 2 is 1.83 bits per heavy atom. The molecule has 0 fully saturated rings. The summed E-state index contributed by atoms with van der Waals surface area (Å²) >= 11 is 1.25. The van der Waals surface area contributed by atoms with Gasteiger partial charge in [-0.25, -0.2) is 4.98 Å². The molecule has 4 rings (SSSR count). The first kappa shape index (κ1) is 20.0. The summed E-state index contributed by atoms with van der Waals surface area (Å²) in [6.45, 7) is 3.99. The number of para-hydroxylation sites is 1. The van der Waals surface area contributed by atoms with Crippen molar-refractivity contribution in [3.05, 3.63) is 54.1 Å². The zero-order valence-corrected chi connectivity index (χ0v) is 17.5. The first-order valence-corrected chi connectivity index (χ1v) is 10.6. The van der Waals surface area contributed by atoms with Crippen LogP contribution in [0.3, 0.4) is 0 Å². The van der Waals surface area contributed by atoms with Crippen LogP contribution >= 0.6 is 11.8 Å². The van der Waals surface area contributed by atoms with Crippen molar-refractivity contribution in [2.45, 2.75) is 25.4 Å². The van der Waals surface area contributed by atoms with E-state index in [4.69, 9.17) is 0 Å². The third-order valence-electron chi connectivity index (χ3n) is 4.52. The highest BCUT2D eigenvalue weighted by molar-refractivity contribution is 7.99. The molecule has 8 heteroatoms. The molecule has 2 N–H and O–H groups in total. The summed E-state index contributed by atoms with van der Waals surface area (Å²) < 4.78 is 0. The summed E-state index contributed by atoms with van der Waals surface area (Å²) in [5.41, 5.74) is 3.58. The topological polar surface area (TPSA) is 101 Å². The fourth-order valence-electron chi connectivity index (χ4n) is 3.10. The molecule has 4 aromatic rings. The second kappa shape index (κ2) is 8.62. The Morgan fingerprint density at radius 1 is 1.07 bits per heavy atom. The number of anilines is 1. The molecule has 0 unspecified atom stereocenters. The van der Waals surface area contributed by atoms with Crippen LogP contribution in [0.25, 0.3) is 22.1 Å². The summed E-state index contributed by atoms with van der Waals surface area (Å²) in [5.74, 6) is 0.423. The number of fused-ring (bicyclic) bond motifs is 3. The molecule has 0 bridgehead atoms. The highest BCUT2D eigenvalue weighted by Crippen LogP contribution is 2.23. The van der Waals surface area contributed by atoms with Crippen molar-refractivity contribution >= 4 is 51.2 Å². The normalized spacial score (nSPS) is 11.3. The Kier molecular flexibility index (Phi) is 5.76. The number of carbonyl (C=O) groups excluding carboxylic acids is 2. The largest absolute Gasteiger partial charge is 0.338 e. The van der Waals surface area contributed by atoms with Crippen molar-refractivity contribution in [3.63, 3.8) is 0 Å². The van der Waals surface area contributed by atoms with Crippen LogP contribution in [-0.4, -0.2) is 37.6 Å². The van der Waals surface area contributed by atoms with E-state index in [2.05, 4.69) is 25.5 Å². The molecule has 0 atom stereocenters. The van der Waals surface area contributed by atoms with E-state index in [0.29, 0.717) is 34.4 Å². The van der Waals surface area contributed by atoms with Crippen LogP contribution < -0.4 is 5.32 Å². The molecule has 7 nitrogen and oxygen atoms in total. The predicted octanol–water partition coefficient (Wildman–Crippen LogP) is 4.47. The number of Topliss-reactive ketones (excluding diaryl/α,β-unsaturated/α-hetero) is 1. The van der Waals surface area contributed by atoms with E-state index in [1.165, 1.54) is 11.8 Å². The van der Waals surface area contributed by atoms with E-state index in [0.717, 1.165) is 16.4 Å². The van der Waals surface area contributed by atoms with Gasteiger partial charge in [-0.05, 0) is 36.2 Å². The minimum Gasteiger partial charge on any atom is -0.338 e. The summed E-state index contributed by atoms with van der Waals surface area (Å²) in [5, 5.41) is 12.7. The van der Waals surface area contributed by atoms with Crippen molar-refractivity contribution in [1.29, 1.82) is 0 Å². The zero-order chi connectivity index (χ0) is 21.1. The Bertz CT molecular complexity index is 1220. The average molecular weight is 420 g/mol. The Morgan fingerprint density at radius 3 is 2.60 bits per heavy atom. The number of nitrogens with zero attached hydrogens (tertiary/aromatic N) is 3. The maximum atomic E-state index is 12.5. The van der Waals surface area contributed by atoms with Crippen LogP contribution in [0.1, 0.15) is 30.6 Å². The lowest BCUT2D eigenvalue weighted by Crippen LogP contribution is -2.14. The van der Waals surface area contributed by atoms with Gasteiger partial charge in [-0.2, -0.15) is 0 Å². The molecule has 2 aromatic carbocycles. The fraction of sp³-hybridized carbons (Fsp3) is 0.227. The average Bonchev–Trinajstić information content (AvgIpc) is 3.09. The van der Waals surface area contributed by atoms with Gasteiger partial charge in [0.25, 0.3) is 0 Å². The maximum absolute atomic E-state index is 12.5. The fourth-order valence-corrected chi connectivity index (χ4v) is 3.78. The second-order valence-corrected chi connectivity index (χ2v) is 8.34. The van der Waals surface area contributed by atoms with Gasteiger partial charge < -0.3 is 10.3 Å². The van der Waals surface area contributed by atoms with E-state index in [1.807, 2.05) is 38.1 Å². The summed E-state index contributed by atoms with van der Waals surface area (Å²) in [7, 11) is 0. The molecule has 0 radical (unpaired) electrons. The molecule has 0 spiro atoms. The molecule has 0 aliphatic rings. The number of aromatic amines is 1. The third kappa shape index (κ3) is 4.49. The first-order valence-electron chi connectivity index (χ1n) is 9.66. The highest BCUT2D eigenvalue weighted by atomic mass is 32.2. The van der Waals surface area contributed by atoms with Gasteiger partial charge in [-0.15, -0.1) is 10.2 Å². The number of rotatable bonds is 7. The van der Waals surface area contributed by atoms with Gasteiger partial charge >= 0.3 is 0 Å². The number of benzene rings is 2. The Labute approximate surface area is 177 Å². The molecule has 0 saturated heterocycles.